The molecule has 450 valence electrons. The van der Waals surface area contributed by atoms with Crippen LogP contribution in [0.15, 0.2) is 231 Å². The molecule has 4 heterocycles. The number of rotatable bonds is 12. The second-order valence-corrected chi connectivity index (χ2v) is 29.0. The number of unbranched alkanes of at least 4 members (excludes halogenated alkanes) is 2. The fourth-order valence-electron chi connectivity index (χ4n) is 15.1. The zero-order valence-corrected chi connectivity index (χ0v) is 55.0. The first-order valence-electron chi connectivity index (χ1n) is 33.5. The number of aryl methyl sites for hydroxylation is 2. The number of hydrogen-bond acceptors (Lipinski definition) is 2. The number of nitrogens with zero attached hydrogens (tertiary/aromatic N) is 4. The Morgan fingerprint density at radius 1 is 0.330 bits per heavy atom. The Kier molecular flexibility index (Phi) is 14.2. The minimum Gasteiger partial charge on any atom is -0.311 e. The van der Waals surface area contributed by atoms with Gasteiger partial charge in [-0.3, -0.25) is 0 Å². The number of anilines is 6. The number of aromatic nitrogens is 2. The van der Waals surface area contributed by atoms with Gasteiger partial charge in [0.1, 0.15) is 0 Å². The smallest absolute Gasteiger partial charge is 0.252 e. The average Bonchev–Trinajstić information content (AvgIpc) is 1.19. The molecular formula is C86H83BN4. The van der Waals surface area contributed by atoms with Crippen molar-refractivity contribution in [1.29, 1.82) is 0 Å². The first kappa shape index (κ1) is 58.1. The maximum absolute atomic E-state index is 2.81. The van der Waals surface area contributed by atoms with Crippen molar-refractivity contribution in [2.24, 2.45) is 0 Å². The summed E-state index contributed by atoms with van der Waals surface area (Å²) in [5.41, 5.74) is 29.7. The Labute approximate surface area is 539 Å². The van der Waals surface area contributed by atoms with Crippen LogP contribution in [0.3, 0.4) is 0 Å². The average molecular weight is 1180 g/mol. The summed E-state index contributed by atoms with van der Waals surface area (Å²) in [4.78, 5) is 5.57. The van der Waals surface area contributed by atoms with E-state index >= 15 is 0 Å². The van der Waals surface area contributed by atoms with Crippen molar-refractivity contribution < 1.29 is 0 Å². The fraction of sp³-hybridized carbons (Fsp3) is 0.233. The second-order valence-electron chi connectivity index (χ2n) is 29.0. The van der Waals surface area contributed by atoms with E-state index in [0.717, 1.165) is 49.9 Å². The molecule has 0 saturated heterocycles. The Hall–Kier alpha value is -9.32. The zero-order chi connectivity index (χ0) is 62.7. The Morgan fingerprint density at radius 3 is 1.04 bits per heavy atom. The number of fused-ring (bicyclic) bond motifs is 10. The highest BCUT2D eigenvalue weighted by Gasteiger charge is 2.46. The molecule has 13 aromatic rings. The SMILES string of the molecule is CCCCc1cc(C(C)(C)C)cc(CCCC)c1N1c2cc(-n3c4ccccc4c4ccccc43)ccc2B2c3ccc(-n4c5ccccc5c5ccccc54)cc3N(c3c(-c4ccccc4)cc(C(C)(C)C)cc3-c3ccccc3)c3cc(C(C)(C)C)cc1c32. The molecule has 0 bridgehead atoms. The van der Waals surface area contributed by atoms with Crippen molar-refractivity contribution >= 4 is 101 Å². The molecule has 0 fully saturated rings. The molecule has 4 nitrogen and oxygen atoms in total. The lowest BCUT2D eigenvalue weighted by Gasteiger charge is -2.47. The van der Waals surface area contributed by atoms with Gasteiger partial charge in [0.25, 0.3) is 6.71 Å². The lowest BCUT2D eigenvalue weighted by molar-refractivity contribution is 0.587. The van der Waals surface area contributed by atoms with Gasteiger partial charge in [0, 0.05) is 66.8 Å². The van der Waals surface area contributed by atoms with E-state index in [4.69, 9.17) is 0 Å². The number of benzene rings is 11. The van der Waals surface area contributed by atoms with Crippen molar-refractivity contribution in [3.63, 3.8) is 0 Å². The lowest BCUT2D eigenvalue weighted by atomic mass is 9.33. The summed E-state index contributed by atoms with van der Waals surface area (Å²) in [6.45, 7) is 26.1. The molecule has 2 aliphatic rings. The molecule has 0 amide bonds. The van der Waals surface area contributed by atoms with Gasteiger partial charge < -0.3 is 18.9 Å². The van der Waals surface area contributed by atoms with Gasteiger partial charge in [-0.05, 0) is 170 Å². The van der Waals surface area contributed by atoms with Crippen LogP contribution in [0, 0.1) is 0 Å². The van der Waals surface area contributed by atoms with Gasteiger partial charge in [-0.1, -0.05) is 247 Å². The van der Waals surface area contributed by atoms with E-state index in [1.807, 2.05) is 0 Å². The molecule has 0 atom stereocenters. The van der Waals surface area contributed by atoms with Crippen LogP contribution in [0.4, 0.5) is 34.1 Å². The molecule has 5 heteroatoms. The topological polar surface area (TPSA) is 16.3 Å². The van der Waals surface area contributed by atoms with Gasteiger partial charge in [0.2, 0.25) is 0 Å². The van der Waals surface area contributed by atoms with E-state index in [1.165, 1.54) is 144 Å². The van der Waals surface area contributed by atoms with Gasteiger partial charge in [0.05, 0.1) is 33.4 Å². The van der Waals surface area contributed by atoms with Crippen molar-refractivity contribution in [2.75, 3.05) is 9.80 Å². The summed E-state index contributed by atoms with van der Waals surface area (Å²) in [7, 11) is 0. The molecular weight excluding hydrogens is 1100 g/mol. The maximum atomic E-state index is 2.81. The predicted molar refractivity (Wildman–Crippen MR) is 393 cm³/mol. The van der Waals surface area contributed by atoms with E-state index in [9.17, 15) is 0 Å². The highest BCUT2D eigenvalue weighted by atomic mass is 15.2. The van der Waals surface area contributed by atoms with Crippen molar-refractivity contribution in [1.82, 2.24) is 9.13 Å². The maximum Gasteiger partial charge on any atom is 0.252 e. The minimum atomic E-state index is -0.249. The summed E-state index contributed by atoms with van der Waals surface area (Å²) >= 11 is 0. The van der Waals surface area contributed by atoms with E-state index < -0.39 is 0 Å². The standard InChI is InChI=1S/C86H83BN4/c1-12-14-30-58-48-60(84(3,4)5)49-59(31-15-13-2)82(58)90-77-54-63(88-73-40-26-22-36-65(73)66-37-23-27-41-74(66)88)44-46-71(77)87-72-47-45-64(89-75-42-28-24-38-67(75)68-39-25-29-43-76(68)89)55-78(72)91(80-53-62(86(9,10)11)52-79(90)81(80)87)83-69(56-32-18-16-19-33-56)50-61(85(6,7)8)51-70(83)57-34-20-17-21-35-57/h16-29,32-55H,12-15,30-31H2,1-11H3. The largest absolute Gasteiger partial charge is 0.311 e. The third kappa shape index (κ3) is 9.72. The van der Waals surface area contributed by atoms with Crippen LogP contribution in [0.2, 0.25) is 0 Å². The Morgan fingerprint density at radius 2 is 0.670 bits per heavy atom. The highest BCUT2D eigenvalue weighted by Crippen LogP contribution is 2.54. The molecule has 11 aromatic carbocycles. The lowest BCUT2D eigenvalue weighted by Crippen LogP contribution is -2.61. The zero-order valence-electron chi connectivity index (χ0n) is 55.0. The molecule has 0 N–H and O–H groups in total. The summed E-state index contributed by atoms with van der Waals surface area (Å²) in [6, 6.07) is 88.9. The molecule has 0 saturated carbocycles. The molecule has 0 radical (unpaired) electrons. The second kappa shape index (κ2) is 22.3. The monoisotopic (exact) mass is 1180 g/mol. The van der Waals surface area contributed by atoms with Gasteiger partial charge in [-0.2, -0.15) is 0 Å². The summed E-state index contributed by atoms with van der Waals surface area (Å²) in [6.07, 6.45) is 6.39. The molecule has 0 aliphatic carbocycles. The van der Waals surface area contributed by atoms with E-state index in [0.29, 0.717) is 0 Å². The van der Waals surface area contributed by atoms with Crippen LogP contribution in [0.1, 0.15) is 130 Å². The molecule has 2 aromatic heterocycles. The van der Waals surface area contributed by atoms with Gasteiger partial charge in [0.15, 0.2) is 0 Å². The van der Waals surface area contributed by atoms with Crippen LogP contribution < -0.4 is 26.2 Å². The Balaban J connectivity index is 1.13. The van der Waals surface area contributed by atoms with E-state index in [-0.39, 0.29) is 23.0 Å². The van der Waals surface area contributed by atoms with Crippen LogP contribution >= 0.6 is 0 Å². The minimum absolute atomic E-state index is 0.0435. The van der Waals surface area contributed by atoms with Gasteiger partial charge in [-0.25, -0.2) is 0 Å². The summed E-state index contributed by atoms with van der Waals surface area (Å²) < 4.78 is 5.04. The summed E-state index contributed by atoms with van der Waals surface area (Å²) in [5.74, 6) is 0. The first-order chi connectivity index (χ1) is 44.0. The third-order valence-corrected chi connectivity index (χ3v) is 19.9. The molecule has 91 heavy (non-hydrogen) atoms. The van der Waals surface area contributed by atoms with Crippen LogP contribution in [0.5, 0.6) is 0 Å². The number of hydrogen-bond donors (Lipinski definition) is 0. The molecule has 2 aliphatic heterocycles. The third-order valence-electron chi connectivity index (χ3n) is 19.9. The summed E-state index contributed by atoms with van der Waals surface area (Å²) in [5, 5.41) is 5.03. The Bertz CT molecular complexity index is 4790. The molecule has 0 spiro atoms. The van der Waals surface area contributed by atoms with Crippen molar-refractivity contribution in [3.05, 3.63) is 258 Å². The highest BCUT2D eigenvalue weighted by molar-refractivity contribution is 7.00. The number of para-hydroxylation sites is 4. The molecule has 0 unspecified atom stereocenters. The van der Waals surface area contributed by atoms with Crippen LogP contribution in [-0.4, -0.2) is 15.8 Å². The van der Waals surface area contributed by atoms with Gasteiger partial charge in [-0.15, -0.1) is 0 Å². The fourth-order valence-corrected chi connectivity index (χ4v) is 15.1. The van der Waals surface area contributed by atoms with E-state index in [1.54, 1.807) is 0 Å². The van der Waals surface area contributed by atoms with E-state index in [2.05, 4.69) is 326 Å². The van der Waals surface area contributed by atoms with Crippen LogP contribution in [0.25, 0.3) is 77.2 Å². The van der Waals surface area contributed by atoms with Crippen molar-refractivity contribution in [3.8, 4) is 33.6 Å². The quantitative estimate of drug-likeness (QED) is 0.113. The molecule has 15 rings (SSSR count). The van der Waals surface area contributed by atoms with Gasteiger partial charge >= 0.3 is 0 Å². The first-order valence-corrected chi connectivity index (χ1v) is 33.5. The normalized spacial score (nSPS) is 13.2. The predicted octanol–water partition coefficient (Wildman–Crippen LogP) is 21.9. The van der Waals surface area contributed by atoms with Crippen molar-refractivity contribution in [2.45, 2.75) is 131 Å². The van der Waals surface area contributed by atoms with Crippen LogP contribution in [-0.2, 0) is 29.1 Å².